The van der Waals surface area contributed by atoms with Gasteiger partial charge in [-0.25, -0.2) is 0 Å². The Morgan fingerprint density at radius 2 is 2.12 bits per heavy atom. The molecule has 0 amide bonds. The van der Waals surface area contributed by atoms with Gasteiger partial charge in [0.15, 0.2) is 11.5 Å². The van der Waals surface area contributed by atoms with E-state index in [0.717, 1.165) is 5.56 Å². The van der Waals surface area contributed by atoms with Crippen molar-refractivity contribution in [3.05, 3.63) is 57.0 Å². The molecule has 0 unspecified atom stereocenters. The minimum Gasteiger partial charge on any atom is -0.493 e. The Labute approximate surface area is 154 Å². The van der Waals surface area contributed by atoms with Crippen molar-refractivity contribution < 1.29 is 9.47 Å². The first kappa shape index (κ1) is 17.9. The number of halogens is 2. The maximum absolute atomic E-state index is 9.47. The van der Waals surface area contributed by atoms with Gasteiger partial charge < -0.3 is 9.47 Å². The predicted molar refractivity (Wildman–Crippen MR) is 100.0 cm³/mol. The van der Waals surface area contributed by atoms with Crippen LogP contribution in [0.25, 0.3) is 11.6 Å². The minimum atomic E-state index is 0.132. The average Bonchev–Trinajstić information content (AvgIpc) is 2.59. The van der Waals surface area contributed by atoms with Crippen LogP contribution in [0.3, 0.4) is 0 Å². The Balaban J connectivity index is 2.49. The van der Waals surface area contributed by atoms with Gasteiger partial charge in [0.1, 0.15) is 6.61 Å². The monoisotopic (exact) mass is 401 g/mol. The molecule has 0 bridgehead atoms. The van der Waals surface area contributed by atoms with Crippen molar-refractivity contribution in [3.8, 4) is 29.9 Å². The van der Waals surface area contributed by atoms with Crippen LogP contribution in [0, 0.1) is 23.7 Å². The summed E-state index contributed by atoms with van der Waals surface area (Å²) in [6, 6.07) is 13.0. The summed E-state index contributed by atoms with van der Waals surface area (Å²) in [4.78, 5) is 0. The summed E-state index contributed by atoms with van der Waals surface area (Å²) in [5.41, 5.74) is 1.89. The molecule has 0 aliphatic heterocycles. The van der Waals surface area contributed by atoms with Gasteiger partial charge >= 0.3 is 0 Å². The van der Waals surface area contributed by atoms with Crippen LogP contribution < -0.4 is 9.47 Å². The van der Waals surface area contributed by atoms with Gasteiger partial charge in [-0.2, -0.15) is 5.26 Å². The summed E-state index contributed by atoms with van der Waals surface area (Å²) >= 11 is 9.61. The molecule has 120 valence electrons. The highest BCUT2D eigenvalue weighted by molar-refractivity contribution is 9.10. The number of nitriles is 1. The number of methoxy groups -OCH3 is 1. The highest BCUT2D eigenvalue weighted by Crippen LogP contribution is 2.37. The molecule has 0 atom stereocenters. The Kier molecular flexibility index (Phi) is 6.32. The second-order valence-electron chi connectivity index (χ2n) is 4.68. The molecule has 0 aliphatic rings. The number of nitrogens with zero attached hydrogens (tertiary/aromatic N) is 1. The van der Waals surface area contributed by atoms with Crippen LogP contribution in [0.1, 0.15) is 11.1 Å². The summed E-state index contributed by atoms with van der Waals surface area (Å²) in [7, 11) is 1.54. The van der Waals surface area contributed by atoms with Crippen molar-refractivity contribution in [2.24, 2.45) is 0 Å². The van der Waals surface area contributed by atoms with E-state index in [2.05, 4.69) is 27.9 Å². The average molecular weight is 403 g/mol. The molecule has 0 N–H and O–H groups in total. The molecule has 3 nitrogen and oxygen atoms in total. The third-order valence-electron chi connectivity index (χ3n) is 3.15. The van der Waals surface area contributed by atoms with Gasteiger partial charge in [-0.15, -0.1) is 6.42 Å². The van der Waals surface area contributed by atoms with Gasteiger partial charge in [-0.05, 0) is 45.8 Å². The molecule has 24 heavy (non-hydrogen) atoms. The van der Waals surface area contributed by atoms with E-state index in [0.29, 0.717) is 32.1 Å². The lowest BCUT2D eigenvalue weighted by Crippen LogP contribution is -1.98. The van der Waals surface area contributed by atoms with Crippen LogP contribution in [0.5, 0.6) is 11.5 Å². The number of ether oxygens (including phenoxy) is 2. The number of terminal acetylenes is 1. The fourth-order valence-corrected chi connectivity index (χ4v) is 2.91. The van der Waals surface area contributed by atoms with Gasteiger partial charge in [-0.1, -0.05) is 35.7 Å². The van der Waals surface area contributed by atoms with E-state index in [-0.39, 0.29) is 6.61 Å². The maximum Gasteiger partial charge on any atom is 0.176 e. The van der Waals surface area contributed by atoms with Gasteiger partial charge in [0.25, 0.3) is 0 Å². The molecular weight excluding hydrogens is 390 g/mol. The number of benzene rings is 2. The van der Waals surface area contributed by atoms with E-state index >= 15 is 0 Å². The third-order valence-corrected chi connectivity index (χ3v) is 4.07. The molecular formula is C19H13BrClNO2. The first-order chi connectivity index (χ1) is 11.6. The van der Waals surface area contributed by atoms with Gasteiger partial charge in [0.05, 0.1) is 23.2 Å². The van der Waals surface area contributed by atoms with Crippen LogP contribution >= 0.6 is 27.5 Å². The number of rotatable bonds is 5. The van der Waals surface area contributed by atoms with E-state index < -0.39 is 0 Å². The molecule has 2 rings (SSSR count). The Bertz CT molecular complexity index is 863. The van der Waals surface area contributed by atoms with Crippen molar-refractivity contribution in [2.75, 3.05) is 13.7 Å². The molecule has 5 heteroatoms. The van der Waals surface area contributed by atoms with Crippen LogP contribution in [-0.4, -0.2) is 13.7 Å². The van der Waals surface area contributed by atoms with Crippen LogP contribution in [-0.2, 0) is 0 Å². The Morgan fingerprint density at radius 1 is 1.38 bits per heavy atom. The quantitative estimate of drug-likeness (QED) is 0.393. The molecule has 0 aromatic heterocycles. The standard InChI is InChI=1S/C19H13BrClNO2/c1-3-8-24-19-16(20)10-13(11-18(19)23-2)9-14(12-22)15-6-4-5-7-17(15)21/h1,4-7,9-11H,8H2,2H3. The summed E-state index contributed by atoms with van der Waals surface area (Å²) in [6.45, 7) is 0.132. The molecule has 0 saturated heterocycles. The summed E-state index contributed by atoms with van der Waals surface area (Å²) in [5.74, 6) is 3.44. The zero-order valence-corrected chi connectivity index (χ0v) is 15.2. The van der Waals surface area contributed by atoms with Crippen molar-refractivity contribution in [1.82, 2.24) is 0 Å². The van der Waals surface area contributed by atoms with Crippen LogP contribution in [0.15, 0.2) is 40.9 Å². The lowest BCUT2D eigenvalue weighted by molar-refractivity contribution is 0.329. The van der Waals surface area contributed by atoms with Crippen molar-refractivity contribution in [1.29, 1.82) is 5.26 Å². The number of hydrogen-bond acceptors (Lipinski definition) is 3. The normalized spacial score (nSPS) is 10.6. The van der Waals surface area contributed by atoms with Crippen LogP contribution in [0.2, 0.25) is 5.02 Å². The number of allylic oxidation sites excluding steroid dienone is 1. The van der Waals surface area contributed by atoms with Crippen molar-refractivity contribution in [3.63, 3.8) is 0 Å². The van der Waals surface area contributed by atoms with Gasteiger partial charge in [0, 0.05) is 10.6 Å². The zero-order chi connectivity index (χ0) is 17.5. The summed E-state index contributed by atoms with van der Waals surface area (Å²) in [5, 5.41) is 9.98. The molecule has 0 radical (unpaired) electrons. The van der Waals surface area contributed by atoms with E-state index in [9.17, 15) is 5.26 Å². The van der Waals surface area contributed by atoms with E-state index in [1.54, 1.807) is 24.3 Å². The molecule has 0 heterocycles. The molecule has 2 aromatic rings. The Hall–Kier alpha value is -2.40. The lowest BCUT2D eigenvalue weighted by atomic mass is 10.0. The molecule has 0 fully saturated rings. The summed E-state index contributed by atoms with van der Waals surface area (Å²) in [6.07, 6.45) is 6.96. The first-order valence-electron chi connectivity index (χ1n) is 6.91. The lowest BCUT2D eigenvalue weighted by Gasteiger charge is -2.12. The van der Waals surface area contributed by atoms with Gasteiger partial charge in [-0.3, -0.25) is 0 Å². The second-order valence-corrected chi connectivity index (χ2v) is 5.94. The fraction of sp³-hybridized carbons (Fsp3) is 0.105. The predicted octanol–water partition coefficient (Wildman–Crippen LogP) is 5.19. The first-order valence-corrected chi connectivity index (χ1v) is 8.08. The molecule has 2 aromatic carbocycles. The van der Waals surface area contributed by atoms with Gasteiger partial charge in [0.2, 0.25) is 0 Å². The maximum atomic E-state index is 9.47. The fourth-order valence-electron chi connectivity index (χ4n) is 2.09. The zero-order valence-electron chi connectivity index (χ0n) is 12.8. The Morgan fingerprint density at radius 3 is 2.75 bits per heavy atom. The SMILES string of the molecule is C#CCOc1c(Br)cc(C=C(C#N)c2ccccc2Cl)cc1OC. The second kappa shape index (κ2) is 8.45. The smallest absolute Gasteiger partial charge is 0.176 e. The molecule has 0 aliphatic carbocycles. The van der Waals surface area contributed by atoms with E-state index in [4.69, 9.17) is 27.5 Å². The highest BCUT2D eigenvalue weighted by atomic mass is 79.9. The topological polar surface area (TPSA) is 42.2 Å². The minimum absolute atomic E-state index is 0.132. The number of hydrogen-bond donors (Lipinski definition) is 0. The van der Waals surface area contributed by atoms with Crippen LogP contribution in [0.4, 0.5) is 0 Å². The molecule has 0 spiro atoms. The third kappa shape index (κ3) is 4.11. The summed E-state index contributed by atoms with van der Waals surface area (Å²) < 4.78 is 11.5. The van der Waals surface area contributed by atoms with E-state index in [1.165, 1.54) is 7.11 Å². The molecule has 0 saturated carbocycles. The largest absolute Gasteiger partial charge is 0.493 e. The highest BCUT2D eigenvalue weighted by Gasteiger charge is 2.12. The van der Waals surface area contributed by atoms with Crippen molar-refractivity contribution >= 4 is 39.2 Å². The van der Waals surface area contributed by atoms with Crippen molar-refractivity contribution in [2.45, 2.75) is 0 Å². The van der Waals surface area contributed by atoms with E-state index in [1.807, 2.05) is 18.2 Å².